The molecule has 1 saturated heterocycles. The summed E-state index contributed by atoms with van der Waals surface area (Å²) in [6, 6.07) is -0.485. The van der Waals surface area contributed by atoms with Crippen LogP contribution in [0.5, 0.6) is 0 Å². The molecule has 18 heavy (non-hydrogen) atoms. The van der Waals surface area contributed by atoms with Gasteiger partial charge in [-0.05, 0) is 31.7 Å². The quantitative estimate of drug-likeness (QED) is 0.772. The molecule has 0 radical (unpaired) electrons. The van der Waals surface area contributed by atoms with Crippen LogP contribution in [0.1, 0.15) is 40.0 Å². The summed E-state index contributed by atoms with van der Waals surface area (Å²) in [5.41, 5.74) is -0.231. The number of nitrogens with zero attached hydrogens (tertiary/aromatic N) is 1. The van der Waals surface area contributed by atoms with Crippen molar-refractivity contribution in [2.24, 2.45) is 5.41 Å². The van der Waals surface area contributed by atoms with Gasteiger partial charge in [-0.1, -0.05) is 13.8 Å². The van der Waals surface area contributed by atoms with Crippen LogP contribution in [-0.2, 0) is 9.59 Å². The van der Waals surface area contributed by atoms with Crippen LogP contribution in [0.4, 0.5) is 0 Å². The molecule has 0 aromatic rings. The molecule has 1 aliphatic rings. The molecule has 0 spiro atoms. The number of hydrogen-bond donors (Lipinski definition) is 2. The van der Waals surface area contributed by atoms with Crippen molar-refractivity contribution >= 4 is 11.9 Å². The van der Waals surface area contributed by atoms with E-state index in [4.69, 9.17) is 0 Å². The first kappa shape index (κ1) is 15.0. The van der Waals surface area contributed by atoms with E-state index in [9.17, 15) is 14.7 Å². The predicted molar refractivity (Wildman–Crippen MR) is 69.3 cm³/mol. The van der Waals surface area contributed by atoms with Crippen LogP contribution in [0.3, 0.4) is 0 Å². The second kappa shape index (κ2) is 6.18. The molecule has 0 bridgehead atoms. The van der Waals surface area contributed by atoms with Gasteiger partial charge in [-0.25, -0.2) is 0 Å². The number of aliphatic carboxylic acids is 1. The average molecular weight is 256 g/mol. The number of carbonyl (C=O) groups is 2. The lowest BCUT2D eigenvalue weighted by Crippen LogP contribution is -2.54. The lowest BCUT2D eigenvalue weighted by molar-refractivity contribution is -0.151. The Morgan fingerprint density at radius 3 is 2.67 bits per heavy atom. The smallest absolute Gasteiger partial charge is 0.321 e. The Bertz CT molecular complexity index is 315. The van der Waals surface area contributed by atoms with Gasteiger partial charge in [-0.3, -0.25) is 14.5 Å². The minimum absolute atomic E-state index is 0.00924. The van der Waals surface area contributed by atoms with Gasteiger partial charge in [-0.2, -0.15) is 0 Å². The molecular formula is C13H24N2O3. The van der Waals surface area contributed by atoms with E-state index in [2.05, 4.69) is 5.32 Å². The first-order valence-electron chi connectivity index (χ1n) is 6.62. The zero-order chi connectivity index (χ0) is 13.8. The summed E-state index contributed by atoms with van der Waals surface area (Å²) in [4.78, 5) is 24.8. The molecule has 0 saturated carbocycles. The van der Waals surface area contributed by atoms with Crippen molar-refractivity contribution in [2.45, 2.75) is 46.1 Å². The van der Waals surface area contributed by atoms with E-state index in [0.717, 1.165) is 19.4 Å². The largest absolute Gasteiger partial charge is 0.480 e. The van der Waals surface area contributed by atoms with Gasteiger partial charge in [0.05, 0.1) is 0 Å². The van der Waals surface area contributed by atoms with E-state index in [1.54, 1.807) is 0 Å². The van der Waals surface area contributed by atoms with Gasteiger partial charge in [0.1, 0.15) is 6.04 Å². The van der Waals surface area contributed by atoms with Crippen molar-refractivity contribution in [3.63, 3.8) is 0 Å². The fourth-order valence-electron chi connectivity index (χ4n) is 2.76. The number of carbonyl (C=O) groups excluding carboxylic acids is 1. The monoisotopic (exact) mass is 256 g/mol. The number of likely N-dealkylation sites (tertiary alicyclic amines) is 1. The first-order chi connectivity index (χ1) is 8.38. The van der Waals surface area contributed by atoms with Gasteiger partial charge >= 0.3 is 5.97 Å². The highest BCUT2D eigenvalue weighted by atomic mass is 16.4. The fraction of sp³-hybridized carbons (Fsp3) is 0.846. The maximum Gasteiger partial charge on any atom is 0.321 e. The first-order valence-corrected chi connectivity index (χ1v) is 6.62. The van der Waals surface area contributed by atoms with E-state index in [-0.39, 0.29) is 11.3 Å². The van der Waals surface area contributed by atoms with Gasteiger partial charge in [0.25, 0.3) is 0 Å². The Morgan fingerprint density at radius 2 is 2.11 bits per heavy atom. The van der Waals surface area contributed by atoms with Crippen LogP contribution in [-0.4, -0.2) is 47.6 Å². The number of hydrogen-bond acceptors (Lipinski definition) is 3. The zero-order valence-electron chi connectivity index (χ0n) is 11.5. The van der Waals surface area contributed by atoms with E-state index in [0.29, 0.717) is 19.5 Å². The summed E-state index contributed by atoms with van der Waals surface area (Å²) >= 11 is 0. The Morgan fingerprint density at radius 1 is 1.44 bits per heavy atom. The molecule has 1 atom stereocenters. The molecule has 1 unspecified atom stereocenters. The molecule has 5 nitrogen and oxygen atoms in total. The van der Waals surface area contributed by atoms with Gasteiger partial charge in [0.15, 0.2) is 0 Å². The van der Waals surface area contributed by atoms with Crippen molar-refractivity contribution in [1.29, 1.82) is 0 Å². The van der Waals surface area contributed by atoms with Crippen molar-refractivity contribution in [3.8, 4) is 0 Å². The van der Waals surface area contributed by atoms with E-state index in [1.807, 2.05) is 25.7 Å². The van der Waals surface area contributed by atoms with Gasteiger partial charge < -0.3 is 10.4 Å². The molecule has 5 heteroatoms. The molecule has 1 heterocycles. The van der Waals surface area contributed by atoms with E-state index >= 15 is 0 Å². The minimum atomic E-state index is -0.782. The fourth-order valence-corrected chi connectivity index (χ4v) is 2.76. The number of carboxylic acids is 1. The third kappa shape index (κ3) is 3.70. The van der Waals surface area contributed by atoms with Crippen LogP contribution >= 0.6 is 0 Å². The number of piperidine rings is 1. The van der Waals surface area contributed by atoms with Gasteiger partial charge in [0.2, 0.25) is 5.91 Å². The van der Waals surface area contributed by atoms with Gasteiger partial charge in [0, 0.05) is 19.5 Å². The van der Waals surface area contributed by atoms with E-state index < -0.39 is 12.0 Å². The van der Waals surface area contributed by atoms with Gasteiger partial charge in [-0.15, -0.1) is 0 Å². The zero-order valence-corrected chi connectivity index (χ0v) is 11.5. The second-order valence-electron chi connectivity index (χ2n) is 5.57. The third-order valence-electron chi connectivity index (χ3n) is 3.61. The Balaban J connectivity index is 2.62. The maximum absolute atomic E-state index is 11.4. The summed E-state index contributed by atoms with van der Waals surface area (Å²) in [6.07, 6.45) is 2.28. The molecule has 0 aliphatic carbocycles. The lowest BCUT2D eigenvalue weighted by Gasteiger charge is -2.44. The molecular weight excluding hydrogens is 232 g/mol. The van der Waals surface area contributed by atoms with Crippen LogP contribution in [0.15, 0.2) is 0 Å². The third-order valence-corrected chi connectivity index (χ3v) is 3.61. The topological polar surface area (TPSA) is 69.6 Å². The van der Waals surface area contributed by atoms with Crippen molar-refractivity contribution < 1.29 is 14.7 Å². The summed E-state index contributed by atoms with van der Waals surface area (Å²) in [6.45, 7) is 7.76. The average Bonchev–Trinajstić information content (AvgIpc) is 2.24. The summed E-state index contributed by atoms with van der Waals surface area (Å²) < 4.78 is 0. The highest BCUT2D eigenvalue weighted by molar-refractivity contribution is 5.77. The minimum Gasteiger partial charge on any atom is -0.480 e. The van der Waals surface area contributed by atoms with Crippen LogP contribution in [0, 0.1) is 5.41 Å². The second-order valence-corrected chi connectivity index (χ2v) is 5.57. The maximum atomic E-state index is 11.4. The molecule has 104 valence electrons. The molecule has 0 aromatic carbocycles. The molecule has 1 fully saturated rings. The lowest BCUT2D eigenvalue weighted by atomic mass is 9.76. The van der Waals surface area contributed by atoms with Crippen LogP contribution in [0.2, 0.25) is 0 Å². The molecule has 0 aromatic heterocycles. The normalized spacial score (nSPS) is 23.6. The SMILES string of the molecule is CCNC(=O)CCN1CCCC(C)(C)C1C(=O)O. The molecule has 1 rings (SSSR count). The standard InChI is InChI=1S/C13H24N2O3/c1-4-14-10(16)6-9-15-8-5-7-13(2,3)11(15)12(17)18/h11H,4-9H2,1-3H3,(H,14,16)(H,17,18). The van der Waals surface area contributed by atoms with Crippen LogP contribution < -0.4 is 5.32 Å². The molecule has 1 aliphatic heterocycles. The highest BCUT2D eigenvalue weighted by Gasteiger charge is 2.42. The van der Waals surface area contributed by atoms with Crippen molar-refractivity contribution in [1.82, 2.24) is 10.2 Å². The predicted octanol–water partition coefficient (Wildman–Crippen LogP) is 1.09. The Kier molecular flexibility index (Phi) is 5.14. The number of rotatable bonds is 5. The molecule has 1 amide bonds. The molecule has 2 N–H and O–H groups in total. The summed E-state index contributed by atoms with van der Waals surface area (Å²) in [7, 11) is 0. The number of carboxylic acid groups (broad SMARTS) is 1. The summed E-state index contributed by atoms with van der Waals surface area (Å²) in [5.74, 6) is -0.791. The van der Waals surface area contributed by atoms with Crippen molar-refractivity contribution in [3.05, 3.63) is 0 Å². The number of nitrogens with one attached hydrogen (secondary N) is 1. The Labute approximate surface area is 109 Å². The van der Waals surface area contributed by atoms with Crippen LogP contribution in [0.25, 0.3) is 0 Å². The highest BCUT2D eigenvalue weighted by Crippen LogP contribution is 2.35. The number of amides is 1. The Hall–Kier alpha value is -1.10. The van der Waals surface area contributed by atoms with E-state index in [1.165, 1.54) is 0 Å². The van der Waals surface area contributed by atoms with Crippen molar-refractivity contribution in [2.75, 3.05) is 19.6 Å². The summed E-state index contributed by atoms with van der Waals surface area (Å²) in [5, 5.41) is 12.1.